The number of hydrogen-bond acceptors (Lipinski definition) is 2. The summed E-state index contributed by atoms with van der Waals surface area (Å²) in [6.07, 6.45) is 5.14. The van der Waals surface area contributed by atoms with Crippen LogP contribution in [0, 0.1) is 0 Å². The number of aryl methyl sites for hydroxylation is 2. The Morgan fingerprint density at radius 3 is 2.24 bits per heavy atom. The van der Waals surface area contributed by atoms with E-state index in [0.29, 0.717) is 0 Å². The average Bonchev–Trinajstić information content (AvgIpc) is 2.93. The highest BCUT2D eigenvalue weighted by molar-refractivity contribution is 5.66. The predicted molar refractivity (Wildman–Crippen MR) is 89.8 cm³/mol. The highest BCUT2D eigenvalue weighted by Gasteiger charge is 2.15. The van der Waals surface area contributed by atoms with Crippen molar-refractivity contribution in [2.75, 3.05) is 29.9 Å². The van der Waals surface area contributed by atoms with Crippen molar-refractivity contribution in [3.05, 3.63) is 53.6 Å². The van der Waals surface area contributed by atoms with Gasteiger partial charge in [0.05, 0.1) is 0 Å². The van der Waals surface area contributed by atoms with Gasteiger partial charge in [0.2, 0.25) is 0 Å². The highest BCUT2D eigenvalue weighted by atomic mass is 15.2. The molecular formula is C19H22N2. The van der Waals surface area contributed by atoms with Crippen molar-refractivity contribution in [1.29, 1.82) is 0 Å². The number of benzene rings is 2. The smallest absolute Gasteiger partial charge is 0.0411 e. The first kappa shape index (κ1) is 12.8. The molecule has 1 saturated heterocycles. The van der Waals surface area contributed by atoms with E-state index in [2.05, 4.69) is 59.3 Å². The van der Waals surface area contributed by atoms with Gasteiger partial charge in [0.1, 0.15) is 0 Å². The fourth-order valence-electron chi connectivity index (χ4n) is 3.38. The minimum absolute atomic E-state index is 1.21. The quantitative estimate of drug-likeness (QED) is 0.832. The maximum absolute atomic E-state index is 2.43. The molecule has 0 aromatic heterocycles. The second-order valence-electron chi connectivity index (χ2n) is 6.22. The van der Waals surface area contributed by atoms with Gasteiger partial charge in [-0.1, -0.05) is 6.07 Å². The normalized spacial score (nSPS) is 16.5. The molecule has 2 aliphatic rings. The second-order valence-corrected chi connectivity index (χ2v) is 6.22. The van der Waals surface area contributed by atoms with Crippen molar-refractivity contribution in [2.24, 2.45) is 0 Å². The molecule has 4 rings (SSSR count). The van der Waals surface area contributed by atoms with Crippen molar-refractivity contribution in [1.82, 2.24) is 0 Å². The standard InChI is InChI=1S/C19H22N2/c1-20(19-7-6-15-4-2-5-16(15)14-19)17-8-10-18(11-9-17)21-12-3-13-21/h6-11,14H,2-5,12-13H2,1H3. The van der Waals surface area contributed by atoms with E-state index >= 15 is 0 Å². The Labute approximate surface area is 127 Å². The summed E-state index contributed by atoms with van der Waals surface area (Å²) in [5.41, 5.74) is 6.99. The molecule has 2 aromatic carbocycles. The number of nitrogens with zero attached hydrogens (tertiary/aromatic N) is 2. The van der Waals surface area contributed by atoms with E-state index in [0.717, 1.165) is 0 Å². The van der Waals surface area contributed by atoms with E-state index in [1.165, 1.54) is 61.4 Å². The summed E-state index contributed by atoms with van der Waals surface area (Å²) in [7, 11) is 2.16. The molecule has 2 aromatic rings. The first-order chi connectivity index (χ1) is 10.3. The van der Waals surface area contributed by atoms with Gasteiger partial charge in [-0.3, -0.25) is 0 Å². The van der Waals surface area contributed by atoms with E-state index in [1.54, 1.807) is 5.56 Å². The third kappa shape index (κ3) is 2.29. The summed E-state index contributed by atoms with van der Waals surface area (Å²) in [6, 6.07) is 15.9. The Kier molecular flexibility index (Phi) is 3.10. The fourth-order valence-corrected chi connectivity index (χ4v) is 3.38. The van der Waals surface area contributed by atoms with Crippen LogP contribution in [0.25, 0.3) is 0 Å². The van der Waals surface area contributed by atoms with Crippen molar-refractivity contribution < 1.29 is 0 Å². The van der Waals surface area contributed by atoms with Crippen LogP contribution in [0.2, 0.25) is 0 Å². The zero-order valence-electron chi connectivity index (χ0n) is 12.7. The molecule has 2 heteroatoms. The van der Waals surface area contributed by atoms with Gasteiger partial charge >= 0.3 is 0 Å². The minimum Gasteiger partial charge on any atom is -0.371 e. The monoisotopic (exact) mass is 278 g/mol. The molecule has 0 spiro atoms. The van der Waals surface area contributed by atoms with E-state index in [1.807, 2.05) is 0 Å². The van der Waals surface area contributed by atoms with Crippen LogP contribution in [-0.2, 0) is 12.8 Å². The molecule has 0 atom stereocenters. The molecule has 0 unspecified atom stereocenters. The zero-order chi connectivity index (χ0) is 14.2. The van der Waals surface area contributed by atoms with Crippen LogP contribution in [0.1, 0.15) is 24.0 Å². The number of hydrogen-bond donors (Lipinski definition) is 0. The number of fused-ring (bicyclic) bond motifs is 1. The Balaban J connectivity index is 1.57. The SMILES string of the molecule is CN(c1ccc(N2CCC2)cc1)c1ccc2c(c1)CCC2. The van der Waals surface area contributed by atoms with Crippen LogP contribution in [-0.4, -0.2) is 20.1 Å². The van der Waals surface area contributed by atoms with Crippen LogP contribution in [0.15, 0.2) is 42.5 Å². The van der Waals surface area contributed by atoms with Crippen molar-refractivity contribution in [3.63, 3.8) is 0 Å². The molecule has 0 saturated carbocycles. The molecule has 1 heterocycles. The van der Waals surface area contributed by atoms with E-state index in [9.17, 15) is 0 Å². The summed E-state index contributed by atoms with van der Waals surface area (Å²) in [5.74, 6) is 0. The third-order valence-corrected chi connectivity index (χ3v) is 4.93. The van der Waals surface area contributed by atoms with Crippen LogP contribution in [0.3, 0.4) is 0 Å². The van der Waals surface area contributed by atoms with Crippen molar-refractivity contribution in [3.8, 4) is 0 Å². The molecule has 2 nitrogen and oxygen atoms in total. The van der Waals surface area contributed by atoms with Crippen molar-refractivity contribution >= 4 is 17.1 Å². The predicted octanol–water partition coefficient (Wildman–Crippen LogP) is 4.15. The van der Waals surface area contributed by atoms with Crippen LogP contribution >= 0.6 is 0 Å². The number of rotatable bonds is 3. The van der Waals surface area contributed by atoms with Crippen molar-refractivity contribution in [2.45, 2.75) is 25.7 Å². The first-order valence-corrected chi connectivity index (χ1v) is 8.02. The van der Waals surface area contributed by atoms with E-state index in [4.69, 9.17) is 0 Å². The molecule has 1 aliphatic carbocycles. The molecule has 21 heavy (non-hydrogen) atoms. The summed E-state index contributed by atoms with van der Waals surface area (Å²) in [5, 5.41) is 0. The molecule has 0 amide bonds. The molecule has 1 fully saturated rings. The van der Waals surface area contributed by atoms with Gasteiger partial charge in [0, 0.05) is 37.2 Å². The van der Waals surface area contributed by atoms with Crippen LogP contribution in [0.4, 0.5) is 17.1 Å². The van der Waals surface area contributed by atoms with E-state index < -0.39 is 0 Å². The minimum atomic E-state index is 1.21. The van der Waals surface area contributed by atoms with Crippen LogP contribution in [0.5, 0.6) is 0 Å². The van der Waals surface area contributed by atoms with Gasteiger partial charge < -0.3 is 9.80 Å². The van der Waals surface area contributed by atoms with Gasteiger partial charge in [-0.15, -0.1) is 0 Å². The number of anilines is 3. The van der Waals surface area contributed by atoms with Gasteiger partial charge in [-0.25, -0.2) is 0 Å². The lowest BCUT2D eigenvalue weighted by atomic mass is 10.1. The molecule has 0 N–H and O–H groups in total. The second kappa shape index (κ2) is 5.10. The summed E-state index contributed by atoms with van der Waals surface area (Å²) in [4.78, 5) is 4.72. The van der Waals surface area contributed by atoms with Gasteiger partial charge in [-0.05, 0) is 73.2 Å². The van der Waals surface area contributed by atoms with Gasteiger partial charge in [0.25, 0.3) is 0 Å². The third-order valence-electron chi connectivity index (χ3n) is 4.93. The molecule has 0 radical (unpaired) electrons. The van der Waals surface area contributed by atoms with E-state index in [-0.39, 0.29) is 0 Å². The Morgan fingerprint density at radius 1 is 0.810 bits per heavy atom. The fraction of sp³-hybridized carbons (Fsp3) is 0.368. The van der Waals surface area contributed by atoms with Gasteiger partial charge in [-0.2, -0.15) is 0 Å². The maximum Gasteiger partial charge on any atom is 0.0411 e. The van der Waals surface area contributed by atoms with Gasteiger partial charge in [0.15, 0.2) is 0 Å². The molecule has 0 bridgehead atoms. The Bertz CT molecular complexity index is 641. The molecule has 1 aliphatic heterocycles. The molecule has 108 valence electrons. The highest BCUT2D eigenvalue weighted by Crippen LogP contribution is 2.31. The largest absolute Gasteiger partial charge is 0.371 e. The topological polar surface area (TPSA) is 6.48 Å². The summed E-state index contributed by atoms with van der Waals surface area (Å²) < 4.78 is 0. The zero-order valence-corrected chi connectivity index (χ0v) is 12.7. The lowest BCUT2D eigenvalue weighted by Gasteiger charge is -2.33. The lowest BCUT2D eigenvalue weighted by Crippen LogP contribution is -2.36. The first-order valence-electron chi connectivity index (χ1n) is 8.02. The maximum atomic E-state index is 2.43. The Morgan fingerprint density at radius 2 is 1.52 bits per heavy atom. The summed E-state index contributed by atoms with van der Waals surface area (Å²) in [6.45, 7) is 2.42. The summed E-state index contributed by atoms with van der Waals surface area (Å²) >= 11 is 0. The Hall–Kier alpha value is -1.96. The van der Waals surface area contributed by atoms with Crippen LogP contribution < -0.4 is 9.80 Å². The lowest BCUT2D eigenvalue weighted by molar-refractivity contribution is 0.618. The molecular weight excluding hydrogens is 256 g/mol. The average molecular weight is 278 g/mol.